The Morgan fingerprint density at radius 2 is 1.67 bits per heavy atom. The Morgan fingerprint density at radius 3 is 2.21 bits per heavy atom. The molecule has 2 aromatic rings. The number of nitrogens with one attached hydrogen (secondary N) is 1. The fraction of sp³-hybridized carbons (Fsp3) is 0.176. The van der Waals surface area contributed by atoms with E-state index in [1.165, 1.54) is 4.90 Å². The topological polar surface area (TPSA) is 49.4 Å². The number of nitrogens with zero attached hydrogens (tertiary/aromatic N) is 1. The maximum absolute atomic E-state index is 12.4. The summed E-state index contributed by atoms with van der Waals surface area (Å²) in [5, 5.41) is 3.32. The molecule has 0 atom stereocenters. The fourth-order valence-corrected chi connectivity index (χ4v) is 2.94. The van der Waals surface area contributed by atoms with Gasteiger partial charge in [0, 0.05) is 17.5 Å². The highest BCUT2D eigenvalue weighted by atomic mass is 35.5. The Hall–Kier alpha value is -1.69. The highest BCUT2D eigenvalue weighted by molar-refractivity contribution is 7.98. The van der Waals surface area contributed by atoms with E-state index >= 15 is 0 Å². The van der Waals surface area contributed by atoms with Gasteiger partial charge in [-0.25, -0.2) is 0 Å². The number of carbonyl (C=O) groups excluding carboxylic acids is 2. The molecule has 0 aliphatic rings. The van der Waals surface area contributed by atoms with Gasteiger partial charge in [0.25, 0.3) is 5.91 Å². The second-order valence-corrected chi connectivity index (χ2v) is 6.73. The molecule has 0 radical (unpaired) electrons. The van der Waals surface area contributed by atoms with E-state index in [-0.39, 0.29) is 18.4 Å². The summed E-state index contributed by atoms with van der Waals surface area (Å²) in [6.45, 7) is -0.106. The van der Waals surface area contributed by atoms with Gasteiger partial charge in [-0.15, -0.1) is 11.8 Å². The highest BCUT2D eigenvalue weighted by Gasteiger charge is 2.16. The number of para-hydroxylation sites is 1. The van der Waals surface area contributed by atoms with E-state index in [0.29, 0.717) is 21.3 Å². The lowest BCUT2D eigenvalue weighted by Crippen LogP contribution is -2.35. The molecule has 0 fully saturated rings. The molecule has 0 aliphatic carbocycles. The minimum atomic E-state index is -0.374. The number of hydrogen-bond donors (Lipinski definition) is 1. The van der Waals surface area contributed by atoms with Crippen molar-refractivity contribution in [2.45, 2.75) is 4.90 Å². The van der Waals surface area contributed by atoms with E-state index in [1.54, 1.807) is 49.1 Å². The lowest BCUT2D eigenvalue weighted by atomic mass is 10.2. The molecule has 126 valence electrons. The van der Waals surface area contributed by atoms with Crippen LogP contribution in [0.25, 0.3) is 0 Å². The quantitative estimate of drug-likeness (QED) is 0.778. The van der Waals surface area contributed by atoms with E-state index in [4.69, 9.17) is 23.2 Å². The van der Waals surface area contributed by atoms with E-state index in [9.17, 15) is 9.59 Å². The summed E-state index contributed by atoms with van der Waals surface area (Å²) in [7, 11) is 1.57. The third-order valence-electron chi connectivity index (χ3n) is 3.29. The lowest BCUT2D eigenvalue weighted by Gasteiger charge is -2.17. The number of amides is 2. The number of carbonyl (C=O) groups is 2. The van der Waals surface area contributed by atoms with Crippen LogP contribution in [0.3, 0.4) is 0 Å². The second kappa shape index (κ2) is 8.42. The average Bonchev–Trinajstić information content (AvgIpc) is 2.57. The molecule has 4 nitrogen and oxygen atoms in total. The first-order chi connectivity index (χ1) is 11.4. The van der Waals surface area contributed by atoms with Crippen molar-refractivity contribution in [2.24, 2.45) is 0 Å². The van der Waals surface area contributed by atoms with Crippen molar-refractivity contribution < 1.29 is 9.59 Å². The first-order valence-electron chi connectivity index (χ1n) is 7.05. The van der Waals surface area contributed by atoms with Crippen LogP contribution in [0.2, 0.25) is 10.0 Å². The van der Waals surface area contributed by atoms with Gasteiger partial charge >= 0.3 is 0 Å². The first-order valence-corrected chi connectivity index (χ1v) is 9.04. The molecule has 0 aliphatic heterocycles. The molecule has 0 saturated carbocycles. The normalized spacial score (nSPS) is 10.3. The lowest BCUT2D eigenvalue weighted by molar-refractivity contribution is -0.116. The summed E-state index contributed by atoms with van der Waals surface area (Å²) < 4.78 is 0. The second-order valence-electron chi connectivity index (χ2n) is 5.03. The summed E-state index contributed by atoms with van der Waals surface area (Å²) in [4.78, 5) is 26.9. The molecule has 2 aromatic carbocycles. The van der Waals surface area contributed by atoms with Crippen molar-refractivity contribution in [1.82, 2.24) is 4.90 Å². The van der Waals surface area contributed by atoms with Gasteiger partial charge in [-0.2, -0.15) is 0 Å². The zero-order valence-corrected chi connectivity index (χ0v) is 15.5. The zero-order chi connectivity index (χ0) is 17.7. The molecule has 7 heteroatoms. The first kappa shape index (κ1) is 18.6. The van der Waals surface area contributed by atoms with Gasteiger partial charge in [0.2, 0.25) is 5.91 Å². The van der Waals surface area contributed by atoms with Crippen molar-refractivity contribution in [3.8, 4) is 0 Å². The van der Waals surface area contributed by atoms with Crippen LogP contribution in [0.4, 0.5) is 5.69 Å². The Morgan fingerprint density at radius 1 is 1.08 bits per heavy atom. The number of anilines is 1. The third kappa shape index (κ3) is 4.66. The van der Waals surface area contributed by atoms with Gasteiger partial charge in [0.15, 0.2) is 0 Å². The van der Waals surface area contributed by atoms with Crippen LogP contribution in [-0.4, -0.2) is 36.6 Å². The molecule has 1 N–H and O–H groups in total. The molecule has 0 spiro atoms. The van der Waals surface area contributed by atoms with Crippen molar-refractivity contribution in [2.75, 3.05) is 25.2 Å². The standard InChI is InChI=1S/C17H16Cl2N2O2S/c1-21(17(23)11-6-8-12(24-2)9-7-11)10-15(22)20-16-13(18)4-3-5-14(16)19/h3-9H,10H2,1-2H3,(H,20,22). The molecule has 0 bridgehead atoms. The van der Waals surface area contributed by atoms with E-state index in [2.05, 4.69) is 5.32 Å². The SMILES string of the molecule is CSc1ccc(C(=O)N(C)CC(=O)Nc2c(Cl)cccc2Cl)cc1. The van der Waals surface area contributed by atoms with Gasteiger partial charge in [-0.3, -0.25) is 9.59 Å². The molecule has 2 rings (SSSR count). The number of benzene rings is 2. The van der Waals surface area contributed by atoms with Gasteiger partial charge < -0.3 is 10.2 Å². The molecule has 24 heavy (non-hydrogen) atoms. The minimum absolute atomic E-state index is 0.106. The Bertz CT molecular complexity index is 731. The molecule has 0 unspecified atom stereocenters. The number of halogens is 2. The molecule has 0 saturated heterocycles. The molecule has 0 aromatic heterocycles. The summed E-state index contributed by atoms with van der Waals surface area (Å²) in [6.07, 6.45) is 1.97. The van der Waals surface area contributed by atoms with Gasteiger partial charge in [-0.1, -0.05) is 29.3 Å². The van der Waals surface area contributed by atoms with Crippen molar-refractivity contribution in [3.05, 3.63) is 58.1 Å². The smallest absolute Gasteiger partial charge is 0.254 e. The van der Waals surface area contributed by atoms with Crippen molar-refractivity contribution in [3.63, 3.8) is 0 Å². The van der Waals surface area contributed by atoms with Gasteiger partial charge in [-0.05, 0) is 42.7 Å². The zero-order valence-electron chi connectivity index (χ0n) is 13.2. The Labute approximate surface area is 155 Å². The highest BCUT2D eigenvalue weighted by Crippen LogP contribution is 2.29. The van der Waals surface area contributed by atoms with Gasteiger partial charge in [0.1, 0.15) is 0 Å². The molecular weight excluding hydrogens is 367 g/mol. The Kier molecular flexibility index (Phi) is 6.54. The van der Waals surface area contributed by atoms with Crippen molar-refractivity contribution in [1.29, 1.82) is 0 Å². The van der Waals surface area contributed by atoms with Crippen LogP contribution < -0.4 is 5.32 Å². The summed E-state index contributed by atoms with van der Waals surface area (Å²) in [5.41, 5.74) is 0.870. The summed E-state index contributed by atoms with van der Waals surface area (Å²) in [5.74, 6) is -0.607. The van der Waals surface area contributed by atoms with Crippen LogP contribution in [0.5, 0.6) is 0 Å². The Balaban J connectivity index is 2.01. The summed E-state index contributed by atoms with van der Waals surface area (Å²) in [6, 6.07) is 12.2. The van der Waals surface area contributed by atoms with Crippen LogP contribution in [0, 0.1) is 0 Å². The number of hydrogen-bond acceptors (Lipinski definition) is 3. The van der Waals surface area contributed by atoms with E-state index < -0.39 is 0 Å². The van der Waals surface area contributed by atoms with Crippen LogP contribution in [0.15, 0.2) is 47.4 Å². The van der Waals surface area contributed by atoms with Crippen molar-refractivity contribution >= 4 is 52.5 Å². The third-order valence-corrected chi connectivity index (χ3v) is 4.67. The van der Waals surface area contributed by atoms with Crippen LogP contribution in [0.1, 0.15) is 10.4 Å². The molecule has 2 amide bonds. The summed E-state index contributed by atoms with van der Waals surface area (Å²) >= 11 is 13.6. The number of thioether (sulfide) groups is 1. The molecular formula is C17H16Cl2N2O2S. The molecule has 0 heterocycles. The van der Waals surface area contributed by atoms with E-state index in [1.807, 2.05) is 18.4 Å². The minimum Gasteiger partial charge on any atom is -0.332 e. The van der Waals surface area contributed by atoms with E-state index in [0.717, 1.165) is 4.90 Å². The number of likely N-dealkylation sites (N-methyl/N-ethyl adjacent to an activating group) is 1. The predicted octanol–water partition coefficient (Wildman–Crippen LogP) is 4.43. The maximum atomic E-state index is 12.4. The monoisotopic (exact) mass is 382 g/mol. The largest absolute Gasteiger partial charge is 0.332 e. The van der Waals surface area contributed by atoms with Crippen LogP contribution in [-0.2, 0) is 4.79 Å². The number of rotatable bonds is 5. The van der Waals surface area contributed by atoms with Crippen LogP contribution >= 0.6 is 35.0 Å². The maximum Gasteiger partial charge on any atom is 0.254 e. The average molecular weight is 383 g/mol. The predicted molar refractivity (Wildman–Crippen MR) is 100 cm³/mol. The fourth-order valence-electron chi connectivity index (χ4n) is 2.04. The van der Waals surface area contributed by atoms with Gasteiger partial charge in [0.05, 0.1) is 22.3 Å².